The predicted octanol–water partition coefficient (Wildman–Crippen LogP) is 2.14. The number of carbonyl (C=O) groups excluding carboxylic acids is 1. The molecule has 0 radical (unpaired) electrons. The second-order valence-electron chi connectivity index (χ2n) is 5.72. The summed E-state index contributed by atoms with van der Waals surface area (Å²) < 4.78 is 10.9. The van der Waals surface area contributed by atoms with Gasteiger partial charge in [-0.1, -0.05) is 17.3 Å². The summed E-state index contributed by atoms with van der Waals surface area (Å²) in [6, 6.07) is 7.58. The minimum atomic E-state index is 0.0375. The van der Waals surface area contributed by atoms with Crippen LogP contribution in [0.2, 0.25) is 0 Å². The molecular formula is C18H25N3O3. The first kappa shape index (κ1) is 18.0. The standard InChI is InChI=1S/C18H25N3O3/c1-13-17(14(2)24-21-13)12-23-16-7-5-15(6-8-16)11-18(22)20-10-4-9-19-3/h5-8,19H,4,9-12H2,1-3H3,(H,20,22). The van der Waals surface area contributed by atoms with Crippen molar-refractivity contribution in [2.75, 3.05) is 20.1 Å². The van der Waals surface area contributed by atoms with Crippen LogP contribution in [0.25, 0.3) is 0 Å². The molecule has 2 rings (SSSR count). The maximum absolute atomic E-state index is 11.8. The van der Waals surface area contributed by atoms with Crippen LogP contribution in [0.5, 0.6) is 5.75 Å². The second-order valence-corrected chi connectivity index (χ2v) is 5.72. The van der Waals surface area contributed by atoms with Gasteiger partial charge in [-0.15, -0.1) is 0 Å². The highest BCUT2D eigenvalue weighted by molar-refractivity contribution is 5.78. The van der Waals surface area contributed by atoms with E-state index in [-0.39, 0.29) is 5.91 Å². The molecule has 0 fully saturated rings. The van der Waals surface area contributed by atoms with Crippen molar-refractivity contribution in [1.82, 2.24) is 15.8 Å². The SMILES string of the molecule is CNCCCNC(=O)Cc1ccc(OCc2c(C)noc2C)cc1. The third-order valence-corrected chi connectivity index (χ3v) is 3.78. The van der Waals surface area contributed by atoms with Crippen LogP contribution in [0.4, 0.5) is 0 Å². The number of benzene rings is 1. The number of hydrogen-bond acceptors (Lipinski definition) is 5. The number of aromatic nitrogens is 1. The average molecular weight is 331 g/mol. The van der Waals surface area contributed by atoms with Gasteiger partial charge in [-0.05, 0) is 51.6 Å². The minimum absolute atomic E-state index is 0.0375. The molecule has 1 amide bonds. The maximum atomic E-state index is 11.8. The van der Waals surface area contributed by atoms with E-state index in [1.165, 1.54) is 0 Å². The van der Waals surface area contributed by atoms with E-state index < -0.39 is 0 Å². The lowest BCUT2D eigenvalue weighted by molar-refractivity contribution is -0.120. The van der Waals surface area contributed by atoms with Crippen LogP contribution in [-0.2, 0) is 17.8 Å². The lowest BCUT2D eigenvalue weighted by atomic mass is 10.1. The molecule has 0 aliphatic heterocycles. The maximum Gasteiger partial charge on any atom is 0.224 e. The molecule has 0 saturated carbocycles. The zero-order chi connectivity index (χ0) is 17.4. The summed E-state index contributed by atoms with van der Waals surface area (Å²) in [5.74, 6) is 1.57. The van der Waals surface area contributed by atoms with Crippen molar-refractivity contribution in [3.05, 3.63) is 46.8 Å². The van der Waals surface area contributed by atoms with Crippen molar-refractivity contribution < 1.29 is 14.1 Å². The Balaban J connectivity index is 1.79. The van der Waals surface area contributed by atoms with E-state index in [1.807, 2.05) is 45.2 Å². The number of nitrogens with zero attached hydrogens (tertiary/aromatic N) is 1. The molecule has 0 atom stereocenters. The molecule has 1 aromatic carbocycles. The van der Waals surface area contributed by atoms with Crippen LogP contribution in [0.15, 0.2) is 28.8 Å². The van der Waals surface area contributed by atoms with E-state index in [2.05, 4.69) is 15.8 Å². The van der Waals surface area contributed by atoms with Crippen LogP contribution in [-0.4, -0.2) is 31.2 Å². The van der Waals surface area contributed by atoms with Crippen molar-refractivity contribution in [3.63, 3.8) is 0 Å². The van der Waals surface area contributed by atoms with Crippen LogP contribution < -0.4 is 15.4 Å². The first-order chi connectivity index (χ1) is 11.6. The van der Waals surface area contributed by atoms with E-state index in [0.29, 0.717) is 19.6 Å². The Morgan fingerprint density at radius 3 is 2.58 bits per heavy atom. The number of hydrogen-bond donors (Lipinski definition) is 2. The van der Waals surface area contributed by atoms with Crippen molar-refractivity contribution in [1.29, 1.82) is 0 Å². The fraction of sp³-hybridized carbons (Fsp3) is 0.444. The van der Waals surface area contributed by atoms with Crippen molar-refractivity contribution >= 4 is 5.91 Å². The number of rotatable bonds is 9. The Morgan fingerprint density at radius 2 is 1.96 bits per heavy atom. The third-order valence-electron chi connectivity index (χ3n) is 3.78. The molecule has 0 unspecified atom stereocenters. The highest BCUT2D eigenvalue weighted by Gasteiger charge is 2.09. The van der Waals surface area contributed by atoms with Gasteiger partial charge in [0.1, 0.15) is 18.1 Å². The summed E-state index contributed by atoms with van der Waals surface area (Å²) in [5.41, 5.74) is 2.78. The summed E-state index contributed by atoms with van der Waals surface area (Å²) in [7, 11) is 1.90. The van der Waals surface area contributed by atoms with E-state index in [0.717, 1.165) is 41.3 Å². The first-order valence-electron chi connectivity index (χ1n) is 8.15. The highest BCUT2D eigenvalue weighted by Crippen LogP contribution is 2.18. The molecular weight excluding hydrogens is 306 g/mol. The van der Waals surface area contributed by atoms with Gasteiger partial charge in [-0.2, -0.15) is 0 Å². The Labute approximate surface area is 142 Å². The van der Waals surface area contributed by atoms with Gasteiger partial charge in [0.05, 0.1) is 17.7 Å². The number of ether oxygens (including phenoxy) is 1. The molecule has 0 spiro atoms. The van der Waals surface area contributed by atoms with Gasteiger partial charge in [0, 0.05) is 6.54 Å². The van der Waals surface area contributed by atoms with Gasteiger partial charge in [0.15, 0.2) is 0 Å². The summed E-state index contributed by atoms with van der Waals surface area (Å²) in [6.45, 7) is 5.78. The molecule has 1 heterocycles. The Kier molecular flexibility index (Phi) is 6.81. The summed E-state index contributed by atoms with van der Waals surface area (Å²) in [6.07, 6.45) is 1.31. The van der Waals surface area contributed by atoms with Crippen LogP contribution in [0, 0.1) is 13.8 Å². The Morgan fingerprint density at radius 1 is 1.21 bits per heavy atom. The lowest BCUT2D eigenvalue weighted by Crippen LogP contribution is -2.27. The van der Waals surface area contributed by atoms with Gasteiger partial charge in [-0.3, -0.25) is 4.79 Å². The second kappa shape index (κ2) is 9.08. The van der Waals surface area contributed by atoms with E-state index in [4.69, 9.17) is 9.26 Å². The Bertz CT molecular complexity index is 631. The van der Waals surface area contributed by atoms with Crippen molar-refractivity contribution in [3.8, 4) is 5.75 Å². The number of aryl methyl sites for hydroxylation is 2. The fourth-order valence-electron chi connectivity index (χ4n) is 2.31. The molecule has 0 saturated heterocycles. The largest absolute Gasteiger partial charge is 0.489 e. The van der Waals surface area contributed by atoms with Crippen molar-refractivity contribution in [2.45, 2.75) is 33.3 Å². The topological polar surface area (TPSA) is 76.4 Å². The molecule has 0 aliphatic rings. The monoisotopic (exact) mass is 331 g/mol. The molecule has 0 bridgehead atoms. The third kappa shape index (κ3) is 5.38. The minimum Gasteiger partial charge on any atom is -0.489 e. The summed E-state index contributed by atoms with van der Waals surface area (Å²) in [5, 5.41) is 9.87. The van der Waals surface area contributed by atoms with Gasteiger partial charge in [-0.25, -0.2) is 0 Å². The first-order valence-corrected chi connectivity index (χ1v) is 8.15. The highest BCUT2D eigenvalue weighted by atomic mass is 16.5. The lowest BCUT2D eigenvalue weighted by Gasteiger charge is -2.08. The van der Waals surface area contributed by atoms with E-state index in [9.17, 15) is 4.79 Å². The van der Waals surface area contributed by atoms with E-state index >= 15 is 0 Å². The molecule has 6 nitrogen and oxygen atoms in total. The molecule has 130 valence electrons. The van der Waals surface area contributed by atoms with Crippen LogP contribution in [0.1, 0.15) is 29.0 Å². The van der Waals surface area contributed by atoms with Gasteiger partial charge >= 0.3 is 0 Å². The van der Waals surface area contributed by atoms with Crippen LogP contribution in [0.3, 0.4) is 0 Å². The van der Waals surface area contributed by atoms with Gasteiger partial charge in [0.2, 0.25) is 5.91 Å². The summed E-state index contributed by atoms with van der Waals surface area (Å²) in [4.78, 5) is 11.8. The van der Waals surface area contributed by atoms with Gasteiger partial charge < -0.3 is 19.9 Å². The zero-order valence-electron chi connectivity index (χ0n) is 14.5. The number of nitrogens with one attached hydrogen (secondary N) is 2. The molecule has 1 aromatic heterocycles. The van der Waals surface area contributed by atoms with Crippen molar-refractivity contribution in [2.24, 2.45) is 0 Å². The molecule has 0 aliphatic carbocycles. The zero-order valence-corrected chi connectivity index (χ0v) is 14.5. The quantitative estimate of drug-likeness (QED) is 0.689. The number of carbonyl (C=O) groups is 1. The Hall–Kier alpha value is -2.34. The summed E-state index contributed by atoms with van der Waals surface area (Å²) >= 11 is 0. The normalized spacial score (nSPS) is 10.6. The average Bonchev–Trinajstić information content (AvgIpc) is 2.89. The molecule has 24 heavy (non-hydrogen) atoms. The van der Waals surface area contributed by atoms with Crippen LogP contribution >= 0.6 is 0 Å². The fourth-order valence-corrected chi connectivity index (χ4v) is 2.31. The predicted molar refractivity (Wildman–Crippen MR) is 92.0 cm³/mol. The molecule has 2 aromatic rings. The molecule has 2 N–H and O–H groups in total. The van der Waals surface area contributed by atoms with E-state index in [1.54, 1.807) is 0 Å². The smallest absolute Gasteiger partial charge is 0.224 e. The van der Waals surface area contributed by atoms with Gasteiger partial charge in [0.25, 0.3) is 0 Å². The molecule has 6 heteroatoms. The number of amides is 1.